The molecule has 0 atom stereocenters. The fourth-order valence-corrected chi connectivity index (χ4v) is 1.96. The molecule has 1 aromatic carbocycles. The van der Waals surface area contributed by atoms with E-state index < -0.39 is 0 Å². The van der Waals surface area contributed by atoms with E-state index in [1.54, 1.807) is 16.8 Å². The average molecular weight is 256 g/mol. The topological polar surface area (TPSA) is 48.0 Å². The van der Waals surface area contributed by atoms with Crippen LogP contribution < -0.4 is 11.3 Å². The Morgan fingerprint density at radius 2 is 1.74 bits per heavy atom. The molecule has 0 saturated carbocycles. The van der Waals surface area contributed by atoms with Crippen molar-refractivity contribution in [3.8, 4) is 0 Å². The Morgan fingerprint density at radius 1 is 1.11 bits per heavy atom. The minimum Gasteiger partial charge on any atom is -0.399 e. The van der Waals surface area contributed by atoms with Crippen LogP contribution in [0.15, 0.2) is 47.4 Å². The highest BCUT2D eigenvalue weighted by atomic mass is 16.1. The van der Waals surface area contributed by atoms with E-state index >= 15 is 0 Å². The molecule has 0 aliphatic carbocycles. The Hall–Kier alpha value is -2.03. The quantitative estimate of drug-likeness (QED) is 0.898. The van der Waals surface area contributed by atoms with Crippen molar-refractivity contribution in [3.63, 3.8) is 0 Å². The lowest BCUT2D eigenvalue weighted by Gasteiger charge is -2.19. The molecule has 2 aromatic rings. The number of pyridine rings is 1. The van der Waals surface area contributed by atoms with Crippen LogP contribution in [0.5, 0.6) is 0 Å². The number of hydrogen-bond donors (Lipinski definition) is 1. The van der Waals surface area contributed by atoms with Gasteiger partial charge in [-0.25, -0.2) is 0 Å². The number of rotatable bonds is 2. The summed E-state index contributed by atoms with van der Waals surface area (Å²) < 4.78 is 1.66. The van der Waals surface area contributed by atoms with Gasteiger partial charge in [-0.1, -0.05) is 45.0 Å². The Balaban J connectivity index is 2.22. The van der Waals surface area contributed by atoms with E-state index in [1.165, 1.54) is 11.6 Å². The van der Waals surface area contributed by atoms with Crippen LogP contribution in [0, 0.1) is 0 Å². The van der Waals surface area contributed by atoms with Crippen LogP contribution in [0.4, 0.5) is 5.69 Å². The van der Waals surface area contributed by atoms with Crippen LogP contribution in [-0.2, 0) is 12.0 Å². The summed E-state index contributed by atoms with van der Waals surface area (Å²) >= 11 is 0. The third kappa shape index (κ3) is 3.25. The van der Waals surface area contributed by atoms with Crippen LogP contribution >= 0.6 is 0 Å². The lowest BCUT2D eigenvalue weighted by Crippen LogP contribution is -2.19. The van der Waals surface area contributed by atoms with Gasteiger partial charge in [-0.05, 0) is 22.6 Å². The van der Waals surface area contributed by atoms with Crippen molar-refractivity contribution in [3.05, 3.63) is 64.1 Å². The minimum absolute atomic E-state index is 0.0695. The minimum atomic E-state index is -0.0695. The van der Waals surface area contributed by atoms with Gasteiger partial charge in [0.2, 0.25) is 0 Å². The predicted octanol–water partition coefficient (Wildman–Crippen LogP) is 2.78. The second-order valence-electron chi connectivity index (χ2n) is 5.87. The smallest absolute Gasteiger partial charge is 0.252 e. The van der Waals surface area contributed by atoms with E-state index in [2.05, 4.69) is 45.0 Å². The van der Waals surface area contributed by atoms with Crippen LogP contribution in [0.1, 0.15) is 31.9 Å². The zero-order chi connectivity index (χ0) is 14.0. The molecule has 0 amide bonds. The standard InChI is InChI=1S/C16H20N2O/c1-16(2,3)13-6-4-12(5-7-13)11-18-9-8-14(17)10-15(18)19/h4-10H,11,17H2,1-3H3. The molecule has 0 aliphatic rings. The van der Waals surface area contributed by atoms with Gasteiger partial charge in [-0.15, -0.1) is 0 Å². The van der Waals surface area contributed by atoms with Crippen LogP contribution in [0.2, 0.25) is 0 Å². The molecule has 100 valence electrons. The summed E-state index contributed by atoms with van der Waals surface area (Å²) in [4.78, 5) is 11.8. The fraction of sp³-hybridized carbons (Fsp3) is 0.312. The molecule has 0 spiro atoms. The molecule has 0 radical (unpaired) electrons. The molecule has 2 rings (SSSR count). The molecule has 3 heteroatoms. The van der Waals surface area contributed by atoms with E-state index in [0.717, 1.165) is 5.56 Å². The van der Waals surface area contributed by atoms with Crippen molar-refractivity contribution in [1.29, 1.82) is 0 Å². The highest BCUT2D eigenvalue weighted by Gasteiger charge is 2.12. The van der Waals surface area contributed by atoms with Gasteiger partial charge in [-0.2, -0.15) is 0 Å². The zero-order valence-electron chi connectivity index (χ0n) is 11.7. The first-order valence-electron chi connectivity index (χ1n) is 6.42. The normalized spacial score (nSPS) is 11.5. The molecule has 1 aromatic heterocycles. The van der Waals surface area contributed by atoms with Gasteiger partial charge >= 0.3 is 0 Å². The molecule has 2 N–H and O–H groups in total. The number of nitrogens with two attached hydrogens (primary N) is 1. The number of nitrogen functional groups attached to an aromatic ring is 1. The maximum absolute atomic E-state index is 11.8. The SMILES string of the molecule is CC(C)(C)c1ccc(Cn2ccc(N)cc2=O)cc1. The van der Waals surface area contributed by atoms with Gasteiger partial charge in [0.05, 0.1) is 6.54 Å². The Kier molecular flexibility index (Phi) is 3.47. The maximum Gasteiger partial charge on any atom is 0.252 e. The number of nitrogens with zero attached hydrogens (tertiary/aromatic N) is 1. The monoisotopic (exact) mass is 256 g/mol. The first kappa shape index (κ1) is 13.4. The molecule has 0 bridgehead atoms. The van der Waals surface area contributed by atoms with E-state index in [0.29, 0.717) is 12.2 Å². The number of aromatic nitrogens is 1. The largest absolute Gasteiger partial charge is 0.399 e. The Bertz CT molecular complexity index is 618. The van der Waals surface area contributed by atoms with E-state index in [1.807, 2.05) is 0 Å². The molecule has 19 heavy (non-hydrogen) atoms. The van der Waals surface area contributed by atoms with Crippen molar-refractivity contribution in [2.45, 2.75) is 32.7 Å². The van der Waals surface area contributed by atoms with Crippen molar-refractivity contribution in [1.82, 2.24) is 4.57 Å². The first-order chi connectivity index (χ1) is 8.86. The predicted molar refractivity (Wildman–Crippen MR) is 79.4 cm³/mol. The summed E-state index contributed by atoms with van der Waals surface area (Å²) in [6, 6.07) is 11.6. The number of anilines is 1. The average Bonchev–Trinajstić information content (AvgIpc) is 2.32. The molecule has 0 saturated heterocycles. The summed E-state index contributed by atoms with van der Waals surface area (Å²) in [5.41, 5.74) is 8.56. The van der Waals surface area contributed by atoms with Gasteiger partial charge < -0.3 is 10.3 Å². The summed E-state index contributed by atoms with van der Waals surface area (Å²) in [5, 5.41) is 0. The van der Waals surface area contributed by atoms with Gasteiger partial charge in [0, 0.05) is 18.0 Å². The summed E-state index contributed by atoms with van der Waals surface area (Å²) in [6.07, 6.45) is 1.73. The molecule has 0 unspecified atom stereocenters. The second kappa shape index (κ2) is 4.92. The second-order valence-corrected chi connectivity index (χ2v) is 5.87. The van der Waals surface area contributed by atoms with Crippen molar-refractivity contribution in [2.24, 2.45) is 0 Å². The van der Waals surface area contributed by atoms with E-state index in [9.17, 15) is 4.79 Å². The van der Waals surface area contributed by atoms with Crippen molar-refractivity contribution in [2.75, 3.05) is 5.73 Å². The van der Waals surface area contributed by atoms with Crippen LogP contribution in [-0.4, -0.2) is 4.57 Å². The third-order valence-corrected chi connectivity index (χ3v) is 3.19. The van der Waals surface area contributed by atoms with Crippen molar-refractivity contribution < 1.29 is 0 Å². The van der Waals surface area contributed by atoms with E-state index in [-0.39, 0.29) is 11.0 Å². The summed E-state index contributed by atoms with van der Waals surface area (Å²) in [6.45, 7) is 7.13. The number of benzene rings is 1. The molecule has 0 aliphatic heterocycles. The Morgan fingerprint density at radius 3 is 2.26 bits per heavy atom. The van der Waals surface area contributed by atoms with Crippen LogP contribution in [0.25, 0.3) is 0 Å². The lowest BCUT2D eigenvalue weighted by atomic mass is 9.87. The molecular formula is C16H20N2O. The molecule has 0 fully saturated rings. The fourth-order valence-electron chi connectivity index (χ4n) is 1.96. The lowest BCUT2D eigenvalue weighted by molar-refractivity contribution is 0.589. The van der Waals surface area contributed by atoms with Gasteiger partial charge in [0.15, 0.2) is 0 Å². The van der Waals surface area contributed by atoms with Gasteiger partial charge in [0.25, 0.3) is 5.56 Å². The first-order valence-corrected chi connectivity index (χ1v) is 6.42. The molecule has 3 nitrogen and oxygen atoms in total. The zero-order valence-corrected chi connectivity index (χ0v) is 11.7. The number of hydrogen-bond acceptors (Lipinski definition) is 2. The van der Waals surface area contributed by atoms with Gasteiger partial charge in [0.1, 0.15) is 0 Å². The van der Waals surface area contributed by atoms with Crippen LogP contribution in [0.3, 0.4) is 0 Å². The third-order valence-electron chi connectivity index (χ3n) is 3.19. The van der Waals surface area contributed by atoms with E-state index in [4.69, 9.17) is 5.73 Å². The summed E-state index contributed by atoms with van der Waals surface area (Å²) in [7, 11) is 0. The van der Waals surface area contributed by atoms with Gasteiger partial charge in [-0.3, -0.25) is 4.79 Å². The molecule has 1 heterocycles. The molecular weight excluding hydrogens is 236 g/mol. The maximum atomic E-state index is 11.8. The highest BCUT2D eigenvalue weighted by Crippen LogP contribution is 2.22. The van der Waals surface area contributed by atoms with Crippen molar-refractivity contribution >= 4 is 5.69 Å². The summed E-state index contributed by atoms with van der Waals surface area (Å²) in [5.74, 6) is 0. The Labute approximate surface area is 113 Å². The highest BCUT2D eigenvalue weighted by molar-refractivity contribution is 5.34.